The van der Waals surface area contributed by atoms with E-state index in [2.05, 4.69) is 0 Å². The number of nitrogens with two attached hydrogens (primary N) is 1. The molecule has 0 spiro atoms. The van der Waals surface area contributed by atoms with Crippen LogP contribution in [0.5, 0.6) is 0 Å². The van der Waals surface area contributed by atoms with Gasteiger partial charge in [0.1, 0.15) is 0 Å². The fourth-order valence-electron chi connectivity index (χ4n) is 1.88. The summed E-state index contributed by atoms with van der Waals surface area (Å²) >= 11 is 11.8. The number of hydrogen-bond acceptors (Lipinski definition) is 2. The summed E-state index contributed by atoms with van der Waals surface area (Å²) in [4.78, 5) is 13.9. The molecule has 0 aromatic heterocycles. The van der Waals surface area contributed by atoms with Crippen molar-refractivity contribution < 1.29 is 4.79 Å². The molecule has 0 saturated carbocycles. The smallest absolute Gasteiger partial charge is 0.253 e. The molecule has 0 saturated heterocycles. The van der Waals surface area contributed by atoms with Crippen LogP contribution in [-0.2, 0) is 6.54 Å². The number of nitrogen functional groups attached to an aromatic ring is 1. The topological polar surface area (TPSA) is 46.3 Å². The van der Waals surface area contributed by atoms with Gasteiger partial charge in [0, 0.05) is 24.8 Å². The highest BCUT2D eigenvalue weighted by Gasteiger charge is 2.12. The van der Waals surface area contributed by atoms with Gasteiger partial charge >= 0.3 is 0 Å². The van der Waals surface area contributed by atoms with Crippen molar-refractivity contribution in [2.75, 3.05) is 12.8 Å². The second-order valence-corrected chi connectivity index (χ2v) is 5.35. The summed E-state index contributed by atoms with van der Waals surface area (Å²) < 4.78 is 0. The molecular weight excluding hydrogens is 295 g/mol. The molecule has 0 bridgehead atoms. The molecule has 2 aromatic rings. The molecule has 5 heteroatoms. The molecular formula is C15H14Cl2N2O. The Bertz CT molecular complexity index is 644. The molecule has 2 rings (SSSR count). The Balaban J connectivity index is 2.13. The van der Waals surface area contributed by atoms with E-state index < -0.39 is 0 Å². The van der Waals surface area contributed by atoms with Crippen molar-refractivity contribution in [3.63, 3.8) is 0 Å². The van der Waals surface area contributed by atoms with Crippen LogP contribution in [0.4, 0.5) is 5.69 Å². The standard InChI is InChI=1S/C15H14Cl2N2O/c1-19(9-10-5-6-13(16)14(17)7-10)15(20)11-3-2-4-12(18)8-11/h2-8H,9,18H2,1H3. The number of carbonyl (C=O) groups is 1. The van der Waals surface area contributed by atoms with Crippen LogP contribution in [0.2, 0.25) is 10.0 Å². The number of nitrogens with zero attached hydrogens (tertiary/aromatic N) is 1. The molecule has 0 aliphatic heterocycles. The first kappa shape index (κ1) is 14.7. The Morgan fingerprint density at radius 1 is 1.15 bits per heavy atom. The van der Waals surface area contributed by atoms with Crippen LogP contribution in [0.3, 0.4) is 0 Å². The van der Waals surface area contributed by atoms with Crippen molar-refractivity contribution in [3.05, 3.63) is 63.6 Å². The Morgan fingerprint density at radius 3 is 2.55 bits per heavy atom. The maximum absolute atomic E-state index is 12.3. The molecule has 0 aliphatic rings. The molecule has 0 aliphatic carbocycles. The van der Waals surface area contributed by atoms with E-state index in [-0.39, 0.29) is 5.91 Å². The highest BCUT2D eigenvalue weighted by Crippen LogP contribution is 2.23. The van der Waals surface area contributed by atoms with E-state index in [1.165, 1.54) is 0 Å². The normalized spacial score (nSPS) is 10.3. The quantitative estimate of drug-likeness (QED) is 0.875. The zero-order valence-corrected chi connectivity index (χ0v) is 12.4. The summed E-state index contributed by atoms with van der Waals surface area (Å²) in [5.74, 6) is -0.0941. The van der Waals surface area contributed by atoms with Crippen LogP contribution in [0.1, 0.15) is 15.9 Å². The van der Waals surface area contributed by atoms with Crippen LogP contribution in [0, 0.1) is 0 Å². The number of rotatable bonds is 3. The molecule has 0 unspecified atom stereocenters. The maximum atomic E-state index is 12.3. The van der Waals surface area contributed by atoms with Crippen LogP contribution in [-0.4, -0.2) is 17.9 Å². The average Bonchev–Trinajstić information content (AvgIpc) is 2.42. The Labute approximate surface area is 127 Å². The highest BCUT2D eigenvalue weighted by atomic mass is 35.5. The third kappa shape index (κ3) is 3.44. The van der Waals surface area contributed by atoms with Crippen molar-refractivity contribution in [1.29, 1.82) is 0 Å². The maximum Gasteiger partial charge on any atom is 0.253 e. The zero-order chi connectivity index (χ0) is 14.7. The molecule has 104 valence electrons. The van der Waals surface area contributed by atoms with E-state index in [1.54, 1.807) is 48.3 Å². The van der Waals surface area contributed by atoms with Gasteiger partial charge in [-0.2, -0.15) is 0 Å². The van der Waals surface area contributed by atoms with Gasteiger partial charge in [0.05, 0.1) is 10.0 Å². The van der Waals surface area contributed by atoms with E-state index in [0.29, 0.717) is 27.8 Å². The summed E-state index contributed by atoms with van der Waals surface area (Å²) in [6.45, 7) is 0.449. The van der Waals surface area contributed by atoms with Gasteiger partial charge in [-0.15, -0.1) is 0 Å². The van der Waals surface area contributed by atoms with Crippen molar-refractivity contribution in [1.82, 2.24) is 4.90 Å². The molecule has 1 amide bonds. The minimum absolute atomic E-state index is 0.0941. The fraction of sp³-hybridized carbons (Fsp3) is 0.133. The number of benzene rings is 2. The summed E-state index contributed by atoms with van der Waals surface area (Å²) in [5.41, 5.74) is 7.73. The summed E-state index contributed by atoms with van der Waals surface area (Å²) in [6.07, 6.45) is 0. The minimum atomic E-state index is -0.0941. The predicted octanol–water partition coefficient (Wildman–Crippen LogP) is 3.85. The van der Waals surface area contributed by atoms with Gasteiger partial charge in [0.25, 0.3) is 5.91 Å². The number of halogens is 2. The first-order chi connectivity index (χ1) is 9.47. The lowest BCUT2D eigenvalue weighted by molar-refractivity contribution is 0.0785. The fourth-order valence-corrected chi connectivity index (χ4v) is 2.20. The molecule has 20 heavy (non-hydrogen) atoms. The van der Waals surface area contributed by atoms with Crippen molar-refractivity contribution in [2.45, 2.75) is 6.54 Å². The number of hydrogen-bond donors (Lipinski definition) is 1. The molecule has 0 heterocycles. The first-order valence-electron chi connectivity index (χ1n) is 6.02. The van der Waals surface area contributed by atoms with Crippen molar-refractivity contribution in [2.24, 2.45) is 0 Å². The monoisotopic (exact) mass is 308 g/mol. The van der Waals surface area contributed by atoms with Crippen LogP contribution < -0.4 is 5.73 Å². The van der Waals surface area contributed by atoms with Crippen molar-refractivity contribution in [3.8, 4) is 0 Å². The lowest BCUT2D eigenvalue weighted by Gasteiger charge is -2.18. The number of carbonyl (C=O) groups excluding carboxylic acids is 1. The molecule has 2 aromatic carbocycles. The third-order valence-electron chi connectivity index (χ3n) is 2.88. The second kappa shape index (κ2) is 6.16. The van der Waals surface area contributed by atoms with E-state index in [0.717, 1.165) is 5.56 Å². The van der Waals surface area contributed by atoms with E-state index in [4.69, 9.17) is 28.9 Å². The van der Waals surface area contributed by atoms with Crippen molar-refractivity contribution >= 4 is 34.8 Å². The second-order valence-electron chi connectivity index (χ2n) is 4.54. The highest BCUT2D eigenvalue weighted by molar-refractivity contribution is 6.42. The minimum Gasteiger partial charge on any atom is -0.399 e. The van der Waals surface area contributed by atoms with E-state index >= 15 is 0 Å². The first-order valence-corrected chi connectivity index (χ1v) is 6.78. The molecule has 3 nitrogen and oxygen atoms in total. The summed E-state index contributed by atoms with van der Waals surface area (Å²) in [5, 5.41) is 0.981. The van der Waals surface area contributed by atoms with Crippen LogP contribution in [0.15, 0.2) is 42.5 Å². The summed E-state index contributed by atoms with van der Waals surface area (Å²) in [6, 6.07) is 12.2. The summed E-state index contributed by atoms with van der Waals surface area (Å²) in [7, 11) is 1.73. The SMILES string of the molecule is CN(Cc1ccc(Cl)c(Cl)c1)C(=O)c1cccc(N)c1. The van der Waals surface area contributed by atoms with Gasteiger partial charge in [-0.05, 0) is 35.9 Å². The number of amides is 1. The predicted molar refractivity (Wildman–Crippen MR) is 83.1 cm³/mol. The molecule has 0 fully saturated rings. The van der Waals surface area contributed by atoms with E-state index in [1.807, 2.05) is 6.07 Å². The lowest BCUT2D eigenvalue weighted by Crippen LogP contribution is -2.26. The zero-order valence-electron chi connectivity index (χ0n) is 10.9. The van der Waals surface area contributed by atoms with E-state index in [9.17, 15) is 4.79 Å². The molecule has 0 atom stereocenters. The van der Waals surface area contributed by atoms with Gasteiger partial charge < -0.3 is 10.6 Å². The third-order valence-corrected chi connectivity index (χ3v) is 3.62. The molecule has 0 radical (unpaired) electrons. The van der Waals surface area contributed by atoms with Gasteiger partial charge in [0.15, 0.2) is 0 Å². The Kier molecular flexibility index (Phi) is 4.53. The number of anilines is 1. The Hall–Kier alpha value is -1.71. The van der Waals surface area contributed by atoms with Gasteiger partial charge in [-0.3, -0.25) is 4.79 Å². The van der Waals surface area contributed by atoms with Gasteiger partial charge in [0.2, 0.25) is 0 Å². The lowest BCUT2D eigenvalue weighted by atomic mass is 10.1. The van der Waals surface area contributed by atoms with Crippen LogP contribution in [0.25, 0.3) is 0 Å². The largest absolute Gasteiger partial charge is 0.399 e. The molecule has 2 N–H and O–H groups in total. The van der Waals surface area contributed by atoms with Crippen LogP contribution >= 0.6 is 23.2 Å². The van der Waals surface area contributed by atoms with Gasteiger partial charge in [-0.25, -0.2) is 0 Å². The Morgan fingerprint density at radius 2 is 1.90 bits per heavy atom. The average molecular weight is 309 g/mol. The van der Waals surface area contributed by atoms with Gasteiger partial charge in [-0.1, -0.05) is 35.3 Å².